The van der Waals surface area contributed by atoms with Gasteiger partial charge < -0.3 is 13.9 Å². The Morgan fingerprint density at radius 2 is 0.971 bits per heavy atom. The van der Waals surface area contributed by atoms with E-state index in [-0.39, 0.29) is 0 Å². The van der Waals surface area contributed by atoms with Gasteiger partial charge in [0.15, 0.2) is 0 Å². The van der Waals surface area contributed by atoms with Crippen molar-refractivity contribution in [3.8, 4) is 27.9 Å². The highest BCUT2D eigenvalue weighted by atomic mass is 16.3. The maximum absolute atomic E-state index is 6.32. The van der Waals surface area contributed by atoms with Gasteiger partial charge in [0.1, 0.15) is 11.2 Å². The quantitative estimate of drug-likeness (QED) is 0.155. The van der Waals surface area contributed by atoms with Crippen LogP contribution in [-0.4, -0.2) is 4.57 Å². The Kier molecular flexibility index (Phi) is 8.28. The van der Waals surface area contributed by atoms with Crippen LogP contribution in [0.2, 0.25) is 0 Å². The zero-order valence-electron chi connectivity index (χ0n) is 38.3. The number of para-hydroxylation sites is 3. The number of fused-ring (bicyclic) bond motifs is 9. The zero-order valence-corrected chi connectivity index (χ0v) is 38.3. The first-order valence-corrected chi connectivity index (χ1v) is 24.2. The lowest BCUT2D eigenvalue weighted by Crippen LogP contribution is -2.12. The van der Waals surface area contributed by atoms with Crippen molar-refractivity contribution in [2.45, 2.75) is 6.92 Å². The average Bonchev–Trinajstić information content (AvgIpc) is 3.96. The maximum atomic E-state index is 6.32. The molecule has 70 heavy (non-hydrogen) atoms. The molecule has 0 aliphatic carbocycles. The summed E-state index contributed by atoms with van der Waals surface area (Å²) < 4.78 is 8.81. The number of hydrogen-bond donors (Lipinski definition) is 0. The van der Waals surface area contributed by atoms with Crippen LogP contribution >= 0.6 is 0 Å². The molecule has 0 unspecified atom stereocenters. The molecule has 13 aromatic carbocycles. The van der Waals surface area contributed by atoms with Gasteiger partial charge in [-0.15, -0.1) is 0 Å². The number of anilines is 3. The third-order valence-electron chi connectivity index (χ3n) is 14.9. The summed E-state index contributed by atoms with van der Waals surface area (Å²) in [6.45, 7) is 2.20. The number of furan rings is 1. The second-order valence-corrected chi connectivity index (χ2v) is 18.8. The summed E-state index contributed by atoms with van der Waals surface area (Å²) in [6, 6.07) is 87.4. The molecule has 0 amide bonds. The van der Waals surface area contributed by atoms with Crippen molar-refractivity contribution in [2.75, 3.05) is 4.90 Å². The van der Waals surface area contributed by atoms with Crippen LogP contribution in [-0.2, 0) is 0 Å². The van der Waals surface area contributed by atoms with Crippen LogP contribution in [0.3, 0.4) is 0 Å². The molecule has 3 heteroatoms. The Labute approximate surface area is 403 Å². The second kappa shape index (κ2) is 14.9. The fraction of sp³-hybridized carbons (Fsp3) is 0.0149. The molecular formula is C67H42N2O. The van der Waals surface area contributed by atoms with Gasteiger partial charge in [-0.05, 0) is 133 Å². The zero-order chi connectivity index (χ0) is 46.0. The van der Waals surface area contributed by atoms with Gasteiger partial charge in [0.25, 0.3) is 0 Å². The van der Waals surface area contributed by atoms with Crippen molar-refractivity contribution in [3.05, 3.63) is 242 Å². The molecule has 2 heterocycles. The lowest BCUT2D eigenvalue weighted by Gasteiger charge is -2.30. The molecule has 0 radical (unpaired) electrons. The Bertz CT molecular complexity index is 4610. The third-order valence-corrected chi connectivity index (χ3v) is 14.9. The molecule has 15 rings (SSSR count). The largest absolute Gasteiger partial charge is 0.456 e. The summed E-state index contributed by atoms with van der Waals surface area (Å²) in [5.41, 5.74) is 14.4. The molecule has 0 spiro atoms. The van der Waals surface area contributed by atoms with Crippen LogP contribution in [0.25, 0.3) is 126 Å². The van der Waals surface area contributed by atoms with Crippen molar-refractivity contribution < 1.29 is 4.42 Å². The molecule has 0 saturated carbocycles. The van der Waals surface area contributed by atoms with E-state index >= 15 is 0 Å². The van der Waals surface area contributed by atoms with Gasteiger partial charge >= 0.3 is 0 Å². The lowest BCUT2D eigenvalue weighted by molar-refractivity contribution is 0.669. The van der Waals surface area contributed by atoms with Crippen molar-refractivity contribution in [1.82, 2.24) is 4.57 Å². The third kappa shape index (κ3) is 5.63. The Morgan fingerprint density at radius 3 is 1.86 bits per heavy atom. The van der Waals surface area contributed by atoms with Gasteiger partial charge in [-0.1, -0.05) is 176 Å². The molecule has 0 bridgehead atoms. The van der Waals surface area contributed by atoms with E-state index in [4.69, 9.17) is 4.42 Å². The molecule has 0 aliphatic rings. The summed E-state index contributed by atoms with van der Waals surface area (Å²) in [5.74, 6) is 0. The first-order valence-electron chi connectivity index (χ1n) is 24.2. The van der Waals surface area contributed by atoms with Gasteiger partial charge in [0.05, 0.1) is 33.8 Å². The summed E-state index contributed by atoms with van der Waals surface area (Å²) in [4.78, 5) is 2.57. The standard InChI is InChI=1S/C67H42N2O/c1-41-28-34-48(46-33-37-64-56(40-46)52-21-8-11-27-63(52)70-64)62(38-41)69-58-24-10-7-22-53(58)67-60(25-13-26-61(67)69)68(59-36-32-44-30-29-42-15-12-16-43-31-35-54(59)66(44)65(42)43)57-23-9-6-20-51(57)55-39-45-14-2-3-17-47(45)49-18-4-5-19-50(49)55/h2-40H,1H3. The maximum Gasteiger partial charge on any atom is 0.135 e. The highest BCUT2D eigenvalue weighted by Gasteiger charge is 2.27. The minimum absolute atomic E-state index is 0.893. The predicted molar refractivity (Wildman–Crippen MR) is 297 cm³/mol. The fourth-order valence-electron chi connectivity index (χ4n) is 11.9. The Morgan fingerprint density at radius 1 is 0.329 bits per heavy atom. The Hall–Kier alpha value is -9.18. The number of rotatable bonds is 6. The molecule has 0 saturated heterocycles. The van der Waals surface area contributed by atoms with E-state index in [0.717, 1.165) is 66.8 Å². The van der Waals surface area contributed by atoms with Crippen molar-refractivity contribution in [1.29, 1.82) is 0 Å². The topological polar surface area (TPSA) is 21.3 Å². The lowest BCUT2D eigenvalue weighted by atomic mass is 9.91. The second-order valence-electron chi connectivity index (χ2n) is 18.8. The summed E-state index contributed by atoms with van der Waals surface area (Å²) in [5, 5.41) is 17.1. The monoisotopic (exact) mass is 890 g/mol. The minimum atomic E-state index is 0.893. The summed E-state index contributed by atoms with van der Waals surface area (Å²) >= 11 is 0. The van der Waals surface area contributed by atoms with Crippen LogP contribution in [0.4, 0.5) is 17.1 Å². The molecule has 326 valence electrons. The van der Waals surface area contributed by atoms with E-state index in [1.165, 1.54) is 81.3 Å². The normalized spacial score (nSPS) is 12.1. The van der Waals surface area contributed by atoms with Gasteiger partial charge in [-0.25, -0.2) is 0 Å². The van der Waals surface area contributed by atoms with Gasteiger partial charge in [0, 0.05) is 38.1 Å². The molecule has 3 nitrogen and oxygen atoms in total. The van der Waals surface area contributed by atoms with Crippen molar-refractivity contribution in [3.63, 3.8) is 0 Å². The highest BCUT2D eigenvalue weighted by Crippen LogP contribution is 2.51. The van der Waals surface area contributed by atoms with Crippen LogP contribution in [0.1, 0.15) is 5.56 Å². The number of nitrogens with zero attached hydrogens (tertiary/aromatic N) is 2. The van der Waals surface area contributed by atoms with Crippen LogP contribution in [0.5, 0.6) is 0 Å². The first kappa shape index (κ1) is 38.9. The first-order chi connectivity index (χ1) is 34.6. The van der Waals surface area contributed by atoms with E-state index in [0.29, 0.717) is 0 Å². The minimum Gasteiger partial charge on any atom is -0.456 e. The highest BCUT2D eigenvalue weighted by molar-refractivity contribution is 6.27. The fourth-order valence-corrected chi connectivity index (χ4v) is 11.9. The van der Waals surface area contributed by atoms with Gasteiger partial charge in [-0.3, -0.25) is 0 Å². The van der Waals surface area contributed by atoms with Gasteiger partial charge in [0.2, 0.25) is 0 Å². The molecule has 0 aliphatic heterocycles. The van der Waals surface area contributed by atoms with Gasteiger partial charge in [-0.2, -0.15) is 0 Å². The number of hydrogen-bond acceptors (Lipinski definition) is 2. The molecule has 15 aromatic rings. The number of aromatic nitrogens is 1. The van der Waals surface area contributed by atoms with E-state index in [1.807, 2.05) is 6.07 Å². The molecule has 0 fully saturated rings. The molecule has 2 aromatic heterocycles. The smallest absolute Gasteiger partial charge is 0.135 e. The van der Waals surface area contributed by atoms with Crippen LogP contribution in [0, 0.1) is 6.92 Å². The van der Waals surface area contributed by atoms with E-state index < -0.39 is 0 Å². The van der Waals surface area contributed by atoms with Crippen molar-refractivity contribution >= 4 is 115 Å². The summed E-state index contributed by atoms with van der Waals surface area (Å²) in [6.07, 6.45) is 0. The molecule has 0 atom stereocenters. The Balaban J connectivity index is 1.04. The molecular weight excluding hydrogens is 849 g/mol. The van der Waals surface area contributed by atoms with Crippen LogP contribution < -0.4 is 4.90 Å². The van der Waals surface area contributed by atoms with E-state index in [9.17, 15) is 0 Å². The SMILES string of the molecule is Cc1ccc(-c2ccc3oc4ccccc4c3c2)c(-n2c3ccccc3c3c(N(c4ccccc4-c4cc5ccccc5c5ccccc45)c4ccc5ccc6cccc7ccc4c5c67)cccc32)c1. The number of aryl methyl sites for hydroxylation is 1. The predicted octanol–water partition coefficient (Wildman–Crippen LogP) is 19.0. The molecule has 0 N–H and O–H groups in total. The average molecular weight is 891 g/mol. The van der Waals surface area contributed by atoms with Crippen molar-refractivity contribution in [2.24, 2.45) is 0 Å². The number of benzene rings is 13. The van der Waals surface area contributed by atoms with Crippen LogP contribution in [0.15, 0.2) is 241 Å². The summed E-state index contributed by atoms with van der Waals surface area (Å²) in [7, 11) is 0. The van der Waals surface area contributed by atoms with E-state index in [2.05, 4.69) is 247 Å². The van der Waals surface area contributed by atoms with E-state index in [1.54, 1.807) is 0 Å².